The number of aryl methyl sites for hydroxylation is 1. The summed E-state index contributed by atoms with van der Waals surface area (Å²) in [6.07, 6.45) is 0. The third-order valence-electron chi connectivity index (χ3n) is 3.42. The Balaban J connectivity index is 2.59. The van der Waals surface area contributed by atoms with Crippen molar-refractivity contribution in [3.05, 3.63) is 40.2 Å². The molecule has 1 aromatic heterocycles. The van der Waals surface area contributed by atoms with Gasteiger partial charge >= 0.3 is 0 Å². The maximum Gasteiger partial charge on any atom is 0.193 e. The number of methoxy groups -OCH3 is 2. The summed E-state index contributed by atoms with van der Waals surface area (Å²) in [5, 5.41) is 11.6. The van der Waals surface area contributed by atoms with Gasteiger partial charge in [0.1, 0.15) is 17.3 Å². The fraction of sp³-hybridized carbons (Fsp3) is 0.188. The third-order valence-corrected chi connectivity index (χ3v) is 3.42. The minimum absolute atomic E-state index is 0.0181. The van der Waals surface area contributed by atoms with Crippen molar-refractivity contribution in [1.82, 2.24) is 0 Å². The molecule has 0 spiro atoms. The van der Waals surface area contributed by atoms with Crippen molar-refractivity contribution in [3.63, 3.8) is 0 Å². The molecule has 2 aromatic carbocycles. The van der Waals surface area contributed by atoms with E-state index in [2.05, 4.69) is 0 Å². The molecule has 0 radical (unpaired) electrons. The molecule has 0 saturated heterocycles. The highest BCUT2D eigenvalue weighted by Gasteiger charge is 2.16. The molecule has 1 heterocycles. The highest BCUT2D eigenvalue weighted by Crippen LogP contribution is 2.40. The Labute approximate surface area is 120 Å². The number of ether oxygens (including phenoxy) is 2. The van der Waals surface area contributed by atoms with E-state index in [0.717, 1.165) is 0 Å². The van der Waals surface area contributed by atoms with Crippen LogP contribution in [0.2, 0.25) is 0 Å². The summed E-state index contributed by atoms with van der Waals surface area (Å²) < 4.78 is 16.2. The molecule has 0 saturated carbocycles. The van der Waals surface area contributed by atoms with E-state index < -0.39 is 0 Å². The van der Waals surface area contributed by atoms with Crippen LogP contribution in [0.4, 0.5) is 0 Å². The van der Waals surface area contributed by atoms with Crippen molar-refractivity contribution in [3.8, 4) is 17.2 Å². The third kappa shape index (κ3) is 1.98. The predicted octanol–water partition coefficient (Wildman–Crippen LogP) is 2.98. The second kappa shape index (κ2) is 4.70. The molecule has 21 heavy (non-hydrogen) atoms. The highest BCUT2D eigenvalue weighted by atomic mass is 16.5. The van der Waals surface area contributed by atoms with Crippen LogP contribution in [0.3, 0.4) is 0 Å². The average Bonchev–Trinajstić information content (AvgIpc) is 2.45. The van der Waals surface area contributed by atoms with Crippen LogP contribution in [-0.4, -0.2) is 19.3 Å². The first kappa shape index (κ1) is 13.3. The van der Waals surface area contributed by atoms with E-state index in [4.69, 9.17) is 13.9 Å². The molecule has 3 rings (SSSR count). The molecular formula is C16H14O5. The number of hydrogen-bond donors (Lipinski definition) is 1. The van der Waals surface area contributed by atoms with Crippen molar-refractivity contribution in [2.24, 2.45) is 0 Å². The van der Waals surface area contributed by atoms with Gasteiger partial charge in [0.2, 0.25) is 0 Å². The van der Waals surface area contributed by atoms with Crippen molar-refractivity contribution in [2.45, 2.75) is 6.92 Å². The summed E-state index contributed by atoms with van der Waals surface area (Å²) in [5.74, 6) is 1.41. The van der Waals surface area contributed by atoms with Gasteiger partial charge in [0.25, 0.3) is 0 Å². The van der Waals surface area contributed by atoms with E-state index in [1.807, 2.05) is 0 Å². The number of hydrogen-bond acceptors (Lipinski definition) is 5. The number of aromatic hydroxyl groups is 1. The summed E-state index contributed by atoms with van der Waals surface area (Å²) in [5.41, 5.74) is 0.187. The topological polar surface area (TPSA) is 68.9 Å². The first-order valence-corrected chi connectivity index (χ1v) is 6.37. The standard InChI is InChI=1S/C16H14O5/c1-8-4-13(17)12-7-10-11(15(20-3)16(12)21-8)5-9(19-2)6-14(10)18/h4-7,18H,1-3H3. The van der Waals surface area contributed by atoms with Gasteiger partial charge < -0.3 is 19.0 Å². The van der Waals surface area contributed by atoms with Gasteiger partial charge in [0.15, 0.2) is 16.8 Å². The summed E-state index contributed by atoms with van der Waals surface area (Å²) in [7, 11) is 3.01. The Bertz CT molecular complexity index is 908. The molecule has 0 amide bonds. The lowest BCUT2D eigenvalue weighted by Crippen LogP contribution is -2.02. The minimum Gasteiger partial charge on any atom is -0.507 e. The maximum absolute atomic E-state index is 12.1. The van der Waals surface area contributed by atoms with Crippen molar-refractivity contribution < 1.29 is 19.0 Å². The smallest absolute Gasteiger partial charge is 0.193 e. The van der Waals surface area contributed by atoms with Crippen LogP contribution >= 0.6 is 0 Å². The summed E-state index contributed by atoms with van der Waals surface area (Å²) in [6.45, 7) is 1.70. The van der Waals surface area contributed by atoms with Crippen molar-refractivity contribution in [2.75, 3.05) is 14.2 Å². The second-order valence-corrected chi connectivity index (χ2v) is 4.75. The molecule has 0 bridgehead atoms. The number of benzene rings is 2. The molecule has 0 aliphatic heterocycles. The first-order valence-electron chi connectivity index (χ1n) is 6.37. The summed E-state index contributed by atoms with van der Waals surface area (Å²) in [6, 6.07) is 6.24. The Kier molecular flexibility index (Phi) is 2.97. The van der Waals surface area contributed by atoms with Crippen molar-refractivity contribution >= 4 is 21.7 Å². The molecule has 0 unspecified atom stereocenters. The molecule has 3 aromatic rings. The van der Waals surface area contributed by atoms with Gasteiger partial charge in [0, 0.05) is 22.9 Å². The SMILES string of the molecule is COc1cc(O)c2cc3c(=O)cc(C)oc3c(OC)c2c1. The maximum atomic E-state index is 12.1. The monoisotopic (exact) mass is 286 g/mol. The van der Waals surface area contributed by atoms with Gasteiger partial charge in [-0.2, -0.15) is 0 Å². The van der Waals surface area contributed by atoms with Gasteiger partial charge in [-0.3, -0.25) is 4.79 Å². The lowest BCUT2D eigenvalue weighted by atomic mass is 10.0. The Morgan fingerprint density at radius 2 is 1.76 bits per heavy atom. The number of phenolic OH excluding ortho intramolecular Hbond substituents is 1. The van der Waals surface area contributed by atoms with E-state index >= 15 is 0 Å². The number of phenols is 1. The van der Waals surface area contributed by atoms with Crippen LogP contribution in [0, 0.1) is 6.92 Å². The Hall–Kier alpha value is -2.69. The molecule has 1 N–H and O–H groups in total. The molecule has 0 atom stereocenters. The first-order chi connectivity index (χ1) is 10.0. The fourth-order valence-electron chi connectivity index (χ4n) is 2.46. The van der Waals surface area contributed by atoms with Crippen LogP contribution in [0.25, 0.3) is 21.7 Å². The van der Waals surface area contributed by atoms with E-state index in [0.29, 0.717) is 39.0 Å². The van der Waals surface area contributed by atoms with Crippen molar-refractivity contribution in [1.29, 1.82) is 0 Å². The zero-order valence-corrected chi connectivity index (χ0v) is 11.9. The van der Waals surface area contributed by atoms with E-state index in [9.17, 15) is 9.90 Å². The Morgan fingerprint density at radius 1 is 1.00 bits per heavy atom. The molecule has 0 aliphatic carbocycles. The normalized spacial score (nSPS) is 11.0. The quantitative estimate of drug-likeness (QED) is 0.733. The lowest BCUT2D eigenvalue weighted by Gasteiger charge is -2.12. The summed E-state index contributed by atoms with van der Waals surface area (Å²) >= 11 is 0. The highest BCUT2D eigenvalue weighted by molar-refractivity contribution is 6.05. The molecule has 5 nitrogen and oxygen atoms in total. The molecule has 5 heteroatoms. The van der Waals surface area contributed by atoms with Gasteiger partial charge in [-0.15, -0.1) is 0 Å². The minimum atomic E-state index is -0.177. The molecular weight excluding hydrogens is 272 g/mol. The molecule has 0 fully saturated rings. The second-order valence-electron chi connectivity index (χ2n) is 4.75. The van der Waals surface area contributed by atoms with Crippen LogP contribution in [-0.2, 0) is 0 Å². The fourth-order valence-corrected chi connectivity index (χ4v) is 2.46. The van der Waals surface area contributed by atoms with Crippen LogP contribution in [0.1, 0.15) is 5.76 Å². The van der Waals surface area contributed by atoms with Crippen LogP contribution in [0.5, 0.6) is 17.2 Å². The van der Waals surface area contributed by atoms with E-state index in [1.165, 1.54) is 26.4 Å². The average molecular weight is 286 g/mol. The van der Waals surface area contributed by atoms with Gasteiger partial charge in [-0.1, -0.05) is 0 Å². The summed E-state index contributed by atoms with van der Waals surface area (Å²) in [4.78, 5) is 12.1. The molecule has 108 valence electrons. The van der Waals surface area contributed by atoms with Gasteiger partial charge in [-0.05, 0) is 19.1 Å². The molecule has 0 aliphatic rings. The number of rotatable bonds is 2. The van der Waals surface area contributed by atoms with E-state index in [-0.39, 0.29) is 11.2 Å². The van der Waals surface area contributed by atoms with Gasteiger partial charge in [-0.25, -0.2) is 0 Å². The largest absolute Gasteiger partial charge is 0.507 e. The lowest BCUT2D eigenvalue weighted by molar-refractivity contribution is 0.404. The Morgan fingerprint density at radius 3 is 2.43 bits per heavy atom. The number of fused-ring (bicyclic) bond motifs is 2. The predicted molar refractivity (Wildman–Crippen MR) is 79.5 cm³/mol. The van der Waals surface area contributed by atoms with Crippen LogP contribution < -0.4 is 14.9 Å². The zero-order valence-electron chi connectivity index (χ0n) is 11.9. The van der Waals surface area contributed by atoms with E-state index in [1.54, 1.807) is 19.1 Å². The zero-order chi connectivity index (χ0) is 15.1. The van der Waals surface area contributed by atoms with Gasteiger partial charge in [0.05, 0.1) is 19.6 Å². The van der Waals surface area contributed by atoms with Crippen LogP contribution in [0.15, 0.2) is 33.5 Å².